The summed E-state index contributed by atoms with van der Waals surface area (Å²) >= 11 is 0. The van der Waals surface area contributed by atoms with Crippen LogP contribution in [0.15, 0.2) is 11.1 Å². The monoisotopic (exact) mass is 710 g/mol. The molecule has 2 N–H and O–H groups in total. The first-order valence-corrected chi connectivity index (χ1v) is 20.0. The third-order valence-corrected chi connectivity index (χ3v) is 16.5. The second-order valence-corrected chi connectivity index (χ2v) is 20.0. The number of amides is 1. The van der Waals surface area contributed by atoms with Crippen LogP contribution in [0, 0.1) is 56.2 Å². The van der Waals surface area contributed by atoms with E-state index in [1.165, 1.54) is 5.57 Å². The molecule has 286 valence electrons. The Bertz CT molecular complexity index is 1460. The maximum Gasteiger partial charge on any atom is 0.309 e. The van der Waals surface area contributed by atoms with Crippen molar-refractivity contribution in [3.63, 3.8) is 0 Å². The summed E-state index contributed by atoms with van der Waals surface area (Å²) in [5.74, 6) is 0.0308. The number of nitrogens with zero attached hydrogens (tertiary/aromatic N) is 2. The number of hydrogen-bond donors (Lipinski definition) is 2. The zero-order valence-electron chi connectivity index (χ0n) is 33.0. The largest absolute Gasteiger partial charge is 0.481 e. The van der Waals surface area contributed by atoms with Gasteiger partial charge in [-0.3, -0.25) is 24.1 Å². The molecule has 6 rings (SSSR count). The van der Waals surface area contributed by atoms with Crippen molar-refractivity contribution in [3.8, 4) is 0 Å². The Hall–Kier alpha value is -2.26. The summed E-state index contributed by atoms with van der Waals surface area (Å²) in [6, 6.07) is 0. The van der Waals surface area contributed by atoms with Gasteiger partial charge in [0.1, 0.15) is 6.10 Å². The van der Waals surface area contributed by atoms with Gasteiger partial charge in [0.2, 0.25) is 6.41 Å². The molecule has 9 heteroatoms. The number of aliphatic hydroxyl groups excluding tert-OH is 1. The molecule has 9 nitrogen and oxygen atoms in total. The minimum Gasteiger partial charge on any atom is -0.481 e. The summed E-state index contributed by atoms with van der Waals surface area (Å²) in [6.07, 6.45) is 8.11. The second kappa shape index (κ2) is 13.0. The van der Waals surface area contributed by atoms with Gasteiger partial charge >= 0.3 is 11.9 Å². The average Bonchev–Trinajstić information content (AvgIpc) is 3.36. The van der Waals surface area contributed by atoms with Gasteiger partial charge in [0, 0.05) is 50.0 Å². The second-order valence-electron chi connectivity index (χ2n) is 20.0. The number of piperazine rings is 1. The van der Waals surface area contributed by atoms with Gasteiger partial charge in [-0.1, -0.05) is 54.0 Å². The van der Waals surface area contributed by atoms with E-state index < -0.39 is 28.9 Å². The quantitative estimate of drug-likeness (QED) is 0.205. The van der Waals surface area contributed by atoms with E-state index in [9.17, 15) is 29.4 Å². The van der Waals surface area contributed by atoms with Gasteiger partial charge in [-0.05, 0) is 111 Å². The summed E-state index contributed by atoms with van der Waals surface area (Å²) in [7, 11) is 0. The van der Waals surface area contributed by atoms with Crippen molar-refractivity contribution in [1.29, 1.82) is 0 Å². The van der Waals surface area contributed by atoms with Gasteiger partial charge in [-0.15, -0.1) is 0 Å². The predicted molar refractivity (Wildman–Crippen MR) is 195 cm³/mol. The molecule has 1 saturated heterocycles. The van der Waals surface area contributed by atoms with Crippen molar-refractivity contribution >= 4 is 24.1 Å². The van der Waals surface area contributed by atoms with E-state index in [-0.39, 0.29) is 51.8 Å². The summed E-state index contributed by atoms with van der Waals surface area (Å²) in [5.41, 5.74) is 0.449. The van der Waals surface area contributed by atoms with Crippen LogP contribution < -0.4 is 0 Å². The first kappa shape index (κ1) is 38.5. The maximum absolute atomic E-state index is 14.0. The third-order valence-electron chi connectivity index (χ3n) is 16.5. The van der Waals surface area contributed by atoms with Crippen LogP contribution in [0.4, 0.5) is 0 Å². The summed E-state index contributed by atoms with van der Waals surface area (Å²) in [6.45, 7) is 23.0. The van der Waals surface area contributed by atoms with Crippen LogP contribution >= 0.6 is 0 Å². The summed E-state index contributed by atoms with van der Waals surface area (Å²) in [4.78, 5) is 54.3. The number of fused-ring (bicyclic) bond motifs is 7. The topological polar surface area (TPSA) is 124 Å². The lowest BCUT2D eigenvalue weighted by atomic mass is 9.33. The molecule has 51 heavy (non-hydrogen) atoms. The highest BCUT2D eigenvalue weighted by Crippen LogP contribution is 2.77. The lowest BCUT2D eigenvalue weighted by Crippen LogP contribution is -2.66. The first-order valence-electron chi connectivity index (χ1n) is 20.0. The van der Waals surface area contributed by atoms with Crippen LogP contribution in [-0.4, -0.2) is 89.1 Å². The Balaban J connectivity index is 1.27. The summed E-state index contributed by atoms with van der Waals surface area (Å²) in [5, 5.41) is 21.9. The van der Waals surface area contributed by atoms with Crippen molar-refractivity contribution in [1.82, 2.24) is 9.80 Å². The van der Waals surface area contributed by atoms with Crippen molar-refractivity contribution in [2.24, 2.45) is 56.2 Å². The standard InChI is InChI=1S/C42H66N2O7/c1-26(2)34-28(46)22-42(31(47)24-43-18-20-44(25-45)21-19-43)17-16-40(8)27(35(34)42)10-11-30-39(7)14-13-32(51-33(48)23-37(3,4)36(49)50)38(5,6)29(39)12-15-41(30,40)9/h25-27,29-32,47H,10-24H2,1-9H3,(H,49,50)/t27-,29+,30-,31?,32+,39+,40-,41-,42+/m1/s1. The Morgan fingerprint density at radius 3 is 2.20 bits per heavy atom. The van der Waals surface area contributed by atoms with E-state index in [0.29, 0.717) is 37.9 Å². The number of aliphatic hydroxyl groups is 1. The fourth-order valence-electron chi connectivity index (χ4n) is 13.4. The fourth-order valence-corrected chi connectivity index (χ4v) is 13.4. The molecular formula is C42H66N2O7. The molecule has 1 unspecified atom stereocenters. The number of ether oxygens (including phenoxy) is 1. The number of Topliss-reactive ketones (excluding diaryl/α,β-unsaturated/α-hetero) is 1. The number of carbonyl (C=O) groups excluding carboxylic acids is 3. The maximum atomic E-state index is 14.0. The number of aliphatic carboxylic acids is 1. The molecule has 0 bridgehead atoms. The molecule has 0 aromatic heterocycles. The van der Waals surface area contributed by atoms with Crippen LogP contribution in [0.3, 0.4) is 0 Å². The van der Waals surface area contributed by atoms with E-state index in [1.54, 1.807) is 18.7 Å². The van der Waals surface area contributed by atoms with Crippen LogP contribution in [0.25, 0.3) is 0 Å². The van der Waals surface area contributed by atoms with Crippen molar-refractivity contribution in [2.45, 2.75) is 139 Å². The highest BCUT2D eigenvalue weighted by molar-refractivity contribution is 6.00. The Morgan fingerprint density at radius 2 is 1.59 bits per heavy atom. The van der Waals surface area contributed by atoms with E-state index in [0.717, 1.165) is 76.4 Å². The molecule has 0 spiro atoms. The number of carboxylic acid groups (broad SMARTS) is 1. The normalized spacial score (nSPS) is 40.2. The number of rotatable bonds is 9. The molecular weight excluding hydrogens is 644 g/mol. The lowest BCUT2D eigenvalue weighted by Gasteiger charge is -2.72. The zero-order chi connectivity index (χ0) is 37.5. The van der Waals surface area contributed by atoms with Crippen LogP contribution in [0.2, 0.25) is 0 Å². The van der Waals surface area contributed by atoms with Gasteiger partial charge in [0.15, 0.2) is 5.78 Å². The number of esters is 1. The molecule has 1 aliphatic heterocycles. The summed E-state index contributed by atoms with van der Waals surface area (Å²) < 4.78 is 6.16. The zero-order valence-corrected chi connectivity index (χ0v) is 33.0. The van der Waals surface area contributed by atoms with E-state index in [2.05, 4.69) is 53.4 Å². The van der Waals surface area contributed by atoms with Crippen molar-refractivity contribution < 1.29 is 34.1 Å². The Morgan fingerprint density at radius 1 is 0.922 bits per heavy atom. The Labute approximate surface area is 306 Å². The number of hydrogen-bond acceptors (Lipinski definition) is 7. The van der Waals surface area contributed by atoms with Crippen LogP contribution in [-0.2, 0) is 23.9 Å². The number of allylic oxidation sites excluding steroid dienone is 1. The molecule has 1 amide bonds. The number of carboxylic acids is 1. The van der Waals surface area contributed by atoms with Gasteiger partial charge in [-0.25, -0.2) is 0 Å². The van der Waals surface area contributed by atoms with Crippen molar-refractivity contribution in [3.05, 3.63) is 11.1 Å². The minimum absolute atomic E-state index is 0.0152. The first-order chi connectivity index (χ1) is 23.7. The highest BCUT2D eigenvalue weighted by atomic mass is 16.5. The molecule has 0 aromatic rings. The molecule has 5 aliphatic carbocycles. The van der Waals surface area contributed by atoms with Crippen LogP contribution in [0.5, 0.6) is 0 Å². The molecule has 4 saturated carbocycles. The van der Waals surface area contributed by atoms with Gasteiger partial charge < -0.3 is 19.8 Å². The number of ketones is 1. The molecule has 9 atom stereocenters. The SMILES string of the molecule is CC(C)C1=C2[C@H]3CC[C@@H]4[C@@]5(C)CC[C@H](OC(=O)CC(C)(C)C(=O)O)C(C)(C)[C@@H]5CC[C@@]4(C)[C@]3(C)CC[C@@]2(C(O)CN2CCN(C=O)CC2)CC1=O. The molecule has 5 fully saturated rings. The number of β-amino-alcohol motifs (C(OH)–C–C–N with tert-alkyl or cyclic N) is 1. The molecule has 0 aromatic carbocycles. The Kier molecular flexibility index (Phi) is 9.77. The third kappa shape index (κ3) is 5.84. The highest BCUT2D eigenvalue weighted by Gasteiger charge is 2.71. The number of carbonyl (C=O) groups is 4. The van der Waals surface area contributed by atoms with Gasteiger partial charge in [-0.2, -0.15) is 0 Å². The average molecular weight is 711 g/mol. The smallest absolute Gasteiger partial charge is 0.309 e. The fraction of sp³-hybridized carbons (Fsp3) is 0.857. The van der Waals surface area contributed by atoms with Gasteiger partial charge in [0.05, 0.1) is 17.9 Å². The minimum atomic E-state index is -1.17. The van der Waals surface area contributed by atoms with E-state index in [1.807, 2.05) is 0 Å². The molecule has 0 radical (unpaired) electrons. The molecule has 1 heterocycles. The molecule has 6 aliphatic rings. The van der Waals surface area contributed by atoms with Crippen LogP contribution in [0.1, 0.15) is 127 Å². The van der Waals surface area contributed by atoms with E-state index >= 15 is 0 Å². The predicted octanol–water partition coefficient (Wildman–Crippen LogP) is 6.51. The van der Waals surface area contributed by atoms with E-state index in [4.69, 9.17) is 4.74 Å². The lowest BCUT2D eigenvalue weighted by molar-refractivity contribution is -0.235. The van der Waals surface area contributed by atoms with Gasteiger partial charge in [0.25, 0.3) is 0 Å². The van der Waals surface area contributed by atoms with Crippen molar-refractivity contribution in [2.75, 3.05) is 32.7 Å².